The minimum atomic E-state index is -3.96. The lowest BCUT2D eigenvalue weighted by molar-refractivity contribution is 0.208. The summed E-state index contributed by atoms with van der Waals surface area (Å²) in [5.41, 5.74) is 0.485. The summed E-state index contributed by atoms with van der Waals surface area (Å²) in [6.45, 7) is 0.338. The number of nitrogens with zero attached hydrogens (tertiary/aromatic N) is 1. The summed E-state index contributed by atoms with van der Waals surface area (Å²) in [4.78, 5) is -0.236. The van der Waals surface area contributed by atoms with Crippen molar-refractivity contribution in [1.82, 2.24) is 0 Å². The molecule has 22 heavy (non-hydrogen) atoms. The van der Waals surface area contributed by atoms with E-state index in [1.54, 1.807) is 30.3 Å². The van der Waals surface area contributed by atoms with Gasteiger partial charge < -0.3 is 9.84 Å². The molecule has 0 amide bonds. The highest BCUT2D eigenvalue weighted by Gasteiger charge is 2.27. The average Bonchev–Trinajstić information content (AvgIpc) is 2.51. The van der Waals surface area contributed by atoms with Crippen LogP contribution in [0.25, 0.3) is 0 Å². The number of hydrogen-bond donors (Lipinski definition) is 1. The fourth-order valence-electron chi connectivity index (χ4n) is 1.97. The molecule has 0 spiro atoms. The van der Waals surface area contributed by atoms with E-state index in [9.17, 15) is 13.5 Å². The van der Waals surface area contributed by atoms with Crippen molar-refractivity contribution in [2.75, 3.05) is 24.6 Å². The van der Waals surface area contributed by atoms with Gasteiger partial charge in [-0.2, -0.15) is 0 Å². The zero-order valence-corrected chi connectivity index (χ0v) is 13.5. The third-order valence-corrected chi connectivity index (χ3v) is 5.12. The maximum absolute atomic E-state index is 12.9. The second-order valence-electron chi connectivity index (χ2n) is 4.52. The van der Waals surface area contributed by atoms with Crippen LogP contribution >= 0.6 is 11.6 Å². The van der Waals surface area contributed by atoms with Crippen molar-refractivity contribution >= 4 is 27.3 Å². The molecule has 0 aliphatic rings. The van der Waals surface area contributed by atoms with Gasteiger partial charge in [0, 0.05) is 12.1 Å². The number of hydrogen-bond acceptors (Lipinski definition) is 4. The molecule has 118 valence electrons. The summed E-state index contributed by atoms with van der Waals surface area (Å²) in [6, 6.07) is 12.5. The van der Waals surface area contributed by atoms with E-state index >= 15 is 0 Å². The first-order chi connectivity index (χ1) is 10.5. The average molecular weight is 342 g/mol. The molecule has 0 aliphatic carbocycles. The molecule has 0 aliphatic heterocycles. The largest absolute Gasteiger partial charge is 0.507 e. The second kappa shape index (κ2) is 7.00. The van der Waals surface area contributed by atoms with Gasteiger partial charge in [-0.3, -0.25) is 4.31 Å². The number of ether oxygens (including phenoxy) is 1. The molecule has 2 aromatic carbocycles. The summed E-state index contributed by atoms with van der Waals surface area (Å²) < 4.78 is 31.9. The van der Waals surface area contributed by atoms with E-state index in [1.165, 1.54) is 29.6 Å². The van der Waals surface area contributed by atoms with Crippen LogP contribution in [-0.4, -0.2) is 33.8 Å². The van der Waals surface area contributed by atoms with E-state index in [2.05, 4.69) is 0 Å². The SMILES string of the molecule is COCCN(c1ccccc1)S(=O)(=O)c1cc(Cl)ccc1O. The first-order valence-electron chi connectivity index (χ1n) is 6.52. The van der Waals surface area contributed by atoms with E-state index in [1.807, 2.05) is 0 Å². The van der Waals surface area contributed by atoms with Crippen LogP contribution in [0.4, 0.5) is 5.69 Å². The summed E-state index contributed by atoms with van der Waals surface area (Å²) in [5, 5.41) is 10.1. The van der Waals surface area contributed by atoms with Gasteiger partial charge in [-0.1, -0.05) is 29.8 Å². The molecule has 5 nitrogen and oxygen atoms in total. The molecule has 0 atom stereocenters. The minimum absolute atomic E-state index is 0.120. The summed E-state index contributed by atoms with van der Waals surface area (Å²) >= 11 is 5.86. The number of halogens is 1. The van der Waals surface area contributed by atoms with Crippen LogP contribution in [0.1, 0.15) is 0 Å². The Bertz CT molecular complexity index is 734. The molecule has 0 heterocycles. The van der Waals surface area contributed by atoms with Gasteiger partial charge in [-0.25, -0.2) is 8.42 Å². The number of aromatic hydroxyl groups is 1. The zero-order chi connectivity index (χ0) is 16.2. The summed E-state index contributed by atoms with van der Waals surface area (Å²) in [7, 11) is -2.47. The van der Waals surface area contributed by atoms with Crippen molar-refractivity contribution in [3.63, 3.8) is 0 Å². The van der Waals surface area contributed by atoms with Crippen LogP contribution in [-0.2, 0) is 14.8 Å². The lowest BCUT2D eigenvalue weighted by atomic mass is 10.3. The molecular formula is C15H16ClNO4S. The Labute approximate surface area is 134 Å². The Morgan fingerprint density at radius 2 is 1.86 bits per heavy atom. The molecule has 1 N–H and O–H groups in total. The van der Waals surface area contributed by atoms with Crippen molar-refractivity contribution in [3.05, 3.63) is 53.6 Å². The number of anilines is 1. The van der Waals surface area contributed by atoms with Crippen LogP contribution in [0.2, 0.25) is 5.02 Å². The molecule has 0 bridgehead atoms. The van der Waals surface area contributed by atoms with Crippen molar-refractivity contribution in [3.8, 4) is 5.75 Å². The number of benzene rings is 2. The van der Waals surface area contributed by atoms with Gasteiger partial charge >= 0.3 is 0 Å². The van der Waals surface area contributed by atoms with E-state index in [0.717, 1.165) is 0 Å². The van der Waals surface area contributed by atoms with Crippen molar-refractivity contribution in [1.29, 1.82) is 0 Å². The third-order valence-electron chi connectivity index (χ3n) is 3.03. The monoisotopic (exact) mass is 341 g/mol. The molecule has 2 rings (SSSR count). The highest BCUT2D eigenvalue weighted by Crippen LogP contribution is 2.31. The van der Waals surface area contributed by atoms with Crippen molar-refractivity contribution < 1.29 is 18.3 Å². The fraction of sp³-hybridized carbons (Fsp3) is 0.200. The molecular weight excluding hydrogens is 326 g/mol. The third kappa shape index (κ3) is 3.52. The molecule has 2 aromatic rings. The predicted molar refractivity (Wildman–Crippen MR) is 86.0 cm³/mol. The zero-order valence-electron chi connectivity index (χ0n) is 11.9. The predicted octanol–water partition coefficient (Wildman–Crippen LogP) is 2.89. The standard InChI is InChI=1S/C15H16ClNO4S/c1-21-10-9-17(13-5-3-2-4-6-13)22(19,20)15-11-12(16)7-8-14(15)18/h2-8,11,18H,9-10H2,1H3. The Kier molecular flexibility index (Phi) is 5.28. The number of para-hydroxylation sites is 1. The van der Waals surface area contributed by atoms with E-state index in [-0.39, 0.29) is 28.8 Å². The van der Waals surface area contributed by atoms with Gasteiger partial charge in [-0.05, 0) is 30.3 Å². The Hall–Kier alpha value is -1.76. The fourth-order valence-corrected chi connectivity index (χ4v) is 3.77. The van der Waals surface area contributed by atoms with E-state index in [4.69, 9.17) is 16.3 Å². The Morgan fingerprint density at radius 3 is 2.50 bits per heavy atom. The number of methoxy groups -OCH3 is 1. The van der Waals surface area contributed by atoms with Crippen LogP contribution in [0.5, 0.6) is 5.75 Å². The minimum Gasteiger partial charge on any atom is -0.507 e. The number of phenols is 1. The maximum atomic E-state index is 12.9. The van der Waals surface area contributed by atoms with Crippen molar-refractivity contribution in [2.45, 2.75) is 4.90 Å². The first-order valence-corrected chi connectivity index (χ1v) is 8.34. The topological polar surface area (TPSA) is 66.8 Å². The lowest BCUT2D eigenvalue weighted by Crippen LogP contribution is -2.34. The van der Waals surface area contributed by atoms with Gasteiger partial charge in [-0.15, -0.1) is 0 Å². The molecule has 0 fully saturated rings. The lowest BCUT2D eigenvalue weighted by Gasteiger charge is -2.24. The number of phenolic OH excluding ortho intramolecular Hbond substituents is 1. The molecule has 0 radical (unpaired) electrons. The molecule has 0 aromatic heterocycles. The number of sulfonamides is 1. The quantitative estimate of drug-likeness (QED) is 0.877. The van der Waals surface area contributed by atoms with E-state index in [0.29, 0.717) is 5.69 Å². The molecule has 0 unspecified atom stereocenters. The Morgan fingerprint density at radius 1 is 1.18 bits per heavy atom. The van der Waals surface area contributed by atoms with Crippen LogP contribution in [0.15, 0.2) is 53.4 Å². The highest BCUT2D eigenvalue weighted by atomic mass is 35.5. The van der Waals surface area contributed by atoms with Crippen LogP contribution in [0, 0.1) is 0 Å². The van der Waals surface area contributed by atoms with Crippen LogP contribution in [0.3, 0.4) is 0 Å². The Balaban J connectivity index is 2.52. The first kappa shape index (κ1) is 16.6. The summed E-state index contributed by atoms with van der Waals surface area (Å²) in [6.07, 6.45) is 0. The van der Waals surface area contributed by atoms with Gasteiger partial charge in [0.25, 0.3) is 10.0 Å². The summed E-state index contributed by atoms with van der Waals surface area (Å²) in [5.74, 6) is -0.345. The molecule has 0 saturated carbocycles. The molecule has 0 saturated heterocycles. The van der Waals surface area contributed by atoms with Crippen LogP contribution < -0.4 is 4.31 Å². The maximum Gasteiger partial charge on any atom is 0.268 e. The van der Waals surface area contributed by atoms with Crippen molar-refractivity contribution in [2.24, 2.45) is 0 Å². The van der Waals surface area contributed by atoms with Gasteiger partial charge in [0.1, 0.15) is 10.6 Å². The highest BCUT2D eigenvalue weighted by molar-refractivity contribution is 7.93. The van der Waals surface area contributed by atoms with Gasteiger partial charge in [0.2, 0.25) is 0 Å². The van der Waals surface area contributed by atoms with Gasteiger partial charge in [0.15, 0.2) is 0 Å². The molecule has 7 heteroatoms. The van der Waals surface area contributed by atoms with E-state index < -0.39 is 10.0 Å². The normalized spacial score (nSPS) is 11.4. The number of rotatable bonds is 6. The van der Waals surface area contributed by atoms with Gasteiger partial charge in [0.05, 0.1) is 18.8 Å². The smallest absolute Gasteiger partial charge is 0.268 e. The second-order valence-corrected chi connectivity index (χ2v) is 6.78.